The van der Waals surface area contributed by atoms with E-state index in [0.717, 1.165) is 29.0 Å². The first-order valence-electron chi connectivity index (χ1n) is 7.78. The van der Waals surface area contributed by atoms with Gasteiger partial charge in [0.25, 0.3) is 5.91 Å². The predicted molar refractivity (Wildman–Crippen MR) is 93.1 cm³/mol. The Bertz CT molecular complexity index is 795. The van der Waals surface area contributed by atoms with Gasteiger partial charge in [0.2, 0.25) is 0 Å². The maximum Gasteiger partial charge on any atom is 0.255 e. The number of H-pyrrole nitrogens is 1. The molecule has 0 saturated carbocycles. The van der Waals surface area contributed by atoms with Crippen LogP contribution in [0.3, 0.4) is 0 Å². The van der Waals surface area contributed by atoms with Crippen LogP contribution in [0.5, 0.6) is 5.75 Å². The van der Waals surface area contributed by atoms with Gasteiger partial charge < -0.3 is 10.1 Å². The van der Waals surface area contributed by atoms with Gasteiger partial charge in [0.05, 0.1) is 24.6 Å². The van der Waals surface area contributed by atoms with Gasteiger partial charge in [-0.3, -0.25) is 9.89 Å². The zero-order valence-corrected chi connectivity index (χ0v) is 13.5. The summed E-state index contributed by atoms with van der Waals surface area (Å²) in [5.74, 6) is 0.699. The van der Waals surface area contributed by atoms with Crippen LogP contribution in [0.25, 0.3) is 11.3 Å². The third kappa shape index (κ3) is 3.63. The number of nitrogens with one attached hydrogen (secondary N) is 2. The van der Waals surface area contributed by atoms with Crippen LogP contribution in [0, 0.1) is 0 Å². The molecule has 0 bridgehead atoms. The van der Waals surface area contributed by atoms with E-state index >= 15 is 0 Å². The Morgan fingerprint density at radius 2 is 1.88 bits per heavy atom. The Morgan fingerprint density at radius 1 is 1.12 bits per heavy atom. The van der Waals surface area contributed by atoms with Crippen molar-refractivity contribution in [3.05, 3.63) is 71.9 Å². The van der Waals surface area contributed by atoms with Crippen molar-refractivity contribution in [1.82, 2.24) is 15.5 Å². The second-order valence-electron chi connectivity index (χ2n) is 5.38. The summed E-state index contributed by atoms with van der Waals surface area (Å²) in [6.45, 7) is 0.560. The number of carbonyl (C=O) groups is 1. The van der Waals surface area contributed by atoms with E-state index in [0.29, 0.717) is 12.1 Å². The first-order chi connectivity index (χ1) is 11.8. The molecular formula is C19H19N3O2. The normalized spacial score (nSPS) is 10.4. The van der Waals surface area contributed by atoms with E-state index in [-0.39, 0.29) is 5.91 Å². The summed E-state index contributed by atoms with van der Waals surface area (Å²) in [5.41, 5.74) is 3.37. The van der Waals surface area contributed by atoms with Crippen LogP contribution in [-0.2, 0) is 6.42 Å². The molecule has 0 atom stereocenters. The van der Waals surface area contributed by atoms with E-state index in [2.05, 4.69) is 15.5 Å². The molecule has 0 aliphatic carbocycles. The van der Waals surface area contributed by atoms with Gasteiger partial charge >= 0.3 is 0 Å². The van der Waals surface area contributed by atoms with E-state index in [4.69, 9.17) is 4.74 Å². The molecule has 0 fully saturated rings. The van der Waals surface area contributed by atoms with E-state index in [1.807, 2.05) is 54.6 Å². The van der Waals surface area contributed by atoms with E-state index in [1.165, 1.54) is 0 Å². The number of amides is 1. The van der Waals surface area contributed by atoms with Gasteiger partial charge in [-0.15, -0.1) is 0 Å². The van der Waals surface area contributed by atoms with Gasteiger partial charge in [-0.2, -0.15) is 5.10 Å². The van der Waals surface area contributed by atoms with Crippen molar-refractivity contribution >= 4 is 5.91 Å². The highest BCUT2D eigenvalue weighted by Gasteiger charge is 2.14. The van der Waals surface area contributed by atoms with E-state index < -0.39 is 0 Å². The fourth-order valence-corrected chi connectivity index (χ4v) is 2.49. The molecule has 0 unspecified atom stereocenters. The molecule has 1 amide bonds. The van der Waals surface area contributed by atoms with E-state index in [9.17, 15) is 4.79 Å². The number of aromatic amines is 1. The van der Waals surface area contributed by atoms with Gasteiger partial charge in [-0.25, -0.2) is 0 Å². The van der Waals surface area contributed by atoms with Crippen LogP contribution in [0.15, 0.2) is 60.8 Å². The number of benzene rings is 2. The Labute approximate surface area is 140 Å². The van der Waals surface area contributed by atoms with Gasteiger partial charge in [-0.1, -0.05) is 42.5 Å². The maximum absolute atomic E-state index is 12.4. The van der Waals surface area contributed by atoms with Gasteiger partial charge in [0.1, 0.15) is 5.75 Å². The lowest BCUT2D eigenvalue weighted by Gasteiger charge is -2.07. The van der Waals surface area contributed by atoms with Crippen LogP contribution in [0.2, 0.25) is 0 Å². The number of nitrogens with zero attached hydrogens (tertiary/aromatic N) is 1. The number of hydrogen-bond acceptors (Lipinski definition) is 3. The molecule has 0 radical (unpaired) electrons. The minimum Gasteiger partial charge on any atom is -0.497 e. The summed E-state index contributed by atoms with van der Waals surface area (Å²) < 4.78 is 5.14. The standard InChI is InChI=1S/C19H19N3O2/c1-24-16-9-7-14(8-10-16)11-12-20-19(23)17-13-21-22-18(17)15-5-3-2-4-6-15/h2-10,13H,11-12H2,1H3,(H,20,23)(H,21,22). The van der Waals surface area contributed by atoms with Gasteiger partial charge in [0, 0.05) is 12.1 Å². The molecule has 0 aliphatic rings. The summed E-state index contributed by atoms with van der Waals surface area (Å²) >= 11 is 0. The molecule has 3 aromatic rings. The second-order valence-corrected chi connectivity index (χ2v) is 5.38. The highest BCUT2D eigenvalue weighted by Crippen LogP contribution is 2.20. The first-order valence-corrected chi connectivity index (χ1v) is 7.78. The van der Waals surface area contributed by atoms with Crippen LogP contribution < -0.4 is 10.1 Å². The lowest BCUT2D eigenvalue weighted by Crippen LogP contribution is -2.25. The van der Waals surface area contributed by atoms with Crippen molar-refractivity contribution in [2.75, 3.05) is 13.7 Å². The molecule has 0 saturated heterocycles. The van der Waals surface area contributed by atoms with Crippen molar-refractivity contribution in [3.8, 4) is 17.0 Å². The summed E-state index contributed by atoms with van der Waals surface area (Å²) in [6, 6.07) is 17.5. The molecule has 3 rings (SSSR count). The molecule has 24 heavy (non-hydrogen) atoms. The first kappa shape index (κ1) is 15.8. The minimum atomic E-state index is -0.129. The average molecular weight is 321 g/mol. The summed E-state index contributed by atoms with van der Waals surface area (Å²) in [7, 11) is 1.64. The quantitative estimate of drug-likeness (QED) is 0.733. The van der Waals surface area contributed by atoms with Crippen molar-refractivity contribution in [1.29, 1.82) is 0 Å². The number of aromatic nitrogens is 2. The third-order valence-corrected chi connectivity index (χ3v) is 3.80. The fraction of sp³-hybridized carbons (Fsp3) is 0.158. The molecule has 5 nitrogen and oxygen atoms in total. The monoisotopic (exact) mass is 321 g/mol. The predicted octanol–water partition coefficient (Wildman–Crippen LogP) is 3.06. The number of hydrogen-bond donors (Lipinski definition) is 2. The molecule has 1 heterocycles. The zero-order valence-electron chi connectivity index (χ0n) is 13.5. The number of ether oxygens (including phenoxy) is 1. The number of rotatable bonds is 6. The summed E-state index contributed by atoms with van der Waals surface area (Å²) in [4.78, 5) is 12.4. The smallest absolute Gasteiger partial charge is 0.255 e. The lowest BCUT2D eigenvalue weighted by atomic mass is 10.1. The highest BCUT2D eigenvalue weighted by molar-refractivity contribution is 5.99. The topological polar surface area (TPSA) is 67.0 Å². The van der Waals surface area contributed by atoms with Crippen LogP contribution in [0.1, 0.15) is 15.9 Å². The second kappa shape index (κ2) is 7.46. The minimum absolute atomic E-state index is 0.129. The van der Waals surface area contributed by atoms with Crippen molar-refractivity contribution in [2.45, 2.75) is 6.42 Å². The van der Waals surface area contributed by atoms with Crippen molar-refractivity contribution in [3.63, 3.8) is 0 Å². The highest BCUT2D eigenvalue weighted by atomic mass is 16.5. The largest absolute Gasteiger partial charge is 0.497 e. The SMILES string of the molecule is COc1ccc(CCNC(=O)c2cn[nH]c2-c2ccccc2)cc1. The van der Waals surface area contributed by atoms with Crippen molar-refractivity contribution < 1.29 is 9.53 Å². The van der Waals surface area contributed by atoms with Gasteiger partial charge in [-0.05, 0) is 24.1 Å². The molecular weight excluding hydrogens is 302 g/mol. The molecule has 2 aromatic carbocycles. The molecule has 5 heteroatoms. The summed E-state index contributed by atoms with van der Waals surface area (Å²) in [5, 5.41) is 9.85. The molecule has 0 aliphatic heterocycles. The molecule has 1 aromatic heterocycles. The average Bonchev–Trinajstić information content (AvgIpc) is 3.13. The van der Waals surface area contributed by atoms with Crippen LogP contribution in [0.4, 0.5) is 0 Å². The molecule has 2 N–H and O–H groups in total. The lowest BCUT2D eigenvalue weighted by molar-refractivity contribution is 0.0955. The fourth-order valence-electron chi connectivity index (χ4n) is 2.49. The van der Waals surface area contributed by atoms with Crippen LogP contribution in [-0.4, -0.2) is 29.8 Å². The Morgan fingerprint density at radius 3 is 2.58 bits per heavy atom. The number of carbonyl (C=O) groups excluding carboxylic acids is 1. The third-order valence-electron chi connectivity index (χ3n) is 3.80. The van der Waals surface area contributed by atoms with Gasteiger partial charge in [0.15, 0.2) is 0 Å². The van der Waals surface area contributed by atoms with Crippen molar-refractivity contribution in [2.24, 2.45) is 0 Å². The molecule has 122 valence electrons. The Balaban J connectivity index is 1.61. The maximum atomic E-state index is 12.4. The molecule has 0 spiro atoms. The number of methoxy groups -OCH3 is 1. The van der Waals surface area contributed by atoms with Crippen LogP contribution >= 0.6 is 0 Å². The summed E-state index contributed by atoms with van der Waals surface area (Å²) in [6.07, 6.45) is 2.32. The Hall–Kier alpha value is -3.08. The zero-order chi connectivity index (χ0) is 16.8. The Kier molecular flexibility index (Phi) is 4.91. The van der Waals surface area contributed by atoms with E-state index in [1.54, 1.807) is 13.3 Å².